The summed E-state index contributed by atoms with van der Waals surface area (Å²) in [4.78, 5) is 27.0. The monoisotopic (exact) mass is 400 g/mol. The molecule has 2 aromatic rings. The quantitative estimate of drug-likeness (QED) is 0.735. The molecule has 1 aromatic heterocycles. The third-order valence-electron chi connectivity index (χ3n) is 3.02. The maximum Gasteiger partial charge on any atom is 0.413 e. The second-order valence-electron chi connectivity index (χ2n) is 6.28. The minimum Gasteiger partial charge on any atom is -0.478 e. The smallest absolute Gasteiger partial charge is 0.413 e. The van der Waals surface area contributed by atoms with Gasteiger partial charge in [-0.15, -0.1) is 0 Å². The Labute approximate surface area is 158 Å². The maximum absolute atomic E-state index is 14.1. The molecule has 6 nitrogen and oxygen atoms in total. The predicted molar refractivity (Wildman–Crippen MR) is 96.5 cm³/mol. The van der Waals surface area contributed by atoms with Crippen molar-refractivity contribution < 1.29 is 23.8 Å². The van der Waals surface area contributed by atoms with Crippen LogP contribution in [0, 0.1) is 5.82 Å². The number of nitrogens with zero attached hydrogens (tertiary/aromatic N) is 1. The zero-order valence-corrected chi connectivity index (χ0v) is 15.6. The number of halogens is 3. The molecule has 0 aliphatic carbocycles. The summed E-state index contributed by atoms with van der Waals surface area (Å²) in [6, 6.07) is 5.07. The summed E-state index contributed by atoms with van der Waals surface area (Å²) < 4.78 is 19.1. The van der Waals surface area contributed by atoms with Crippen LogP contribution in [0.2, 0.25) is 10.0 Å². The van der Waals surface area contributed by atoms with Crippen molar-refractivity contribution in [2.45, 2.75) is 26.4 Å². The number of carboxylic acids is 1. The summed E-state index contributed by atoms with van der Waals surface area (Å²) >= 11 is 11.9. The highest BCUT2D eigenvalue weighted by atomic mass is 35.5. The Morgan fingerprint density at radius 1 is 1.19 bits per heavy atom. The van der Waals surface area contributed by atoms with Crippen LogP contribution in [0.3, 0.4) is 0 Å². The first kappa shape index (κ1) is 19.9. The first-order valence-corrected chi connectivity index (χ1v) is 8.13. The van der Waals surface area contributed by atoms with Crippen molar-refractivity contribution in [3.8, 4) is 11.3 Å². The molecule has 0 fully saturated rings. The number of hydrogen-bond acceptors (Lipinski definition) is 4. The molecular weight excluding hydrogens is 386 g/mol. The van der Waals surface area contributed by atoms with Crippen LogP contribution in [0.15, 0.2) is 24.3 Å². The Morgan fingerprint density at radius 3 is 2.42 bits per heavy atom. The number of hydrogen-bond donors (Lipinski definition) is 2. The Hall–Kier alpha value is -2.38. The van der Waals surface area contributed by atoms with Gasteiger partial charge in [-0.1, -0.05) is 29.3 Å². The number of nitrogens with one attached hydrogen (secondary N) is 1. The van der Waals surface area contributed by atoms with E-state index in [9.17, 15) is 14.0 Å². The van der Waals surface area contributed by atoms with Crippen molar-refractivity contribution in [1.82, 2.24) is 4.98 Å². The molecule has 1 heterocycles. The molecular formula is C17H15Cl2FN2O4. The van der Waals surface area contributed by atoms with E-state index in [1.807, 2.05) is 0 Å². The summed E-state index contributed by atoms with van der Waals surface area (Å²) in [5, 5.41) is 11.3. The van der Waals surface area contributed by atoms with Gasteiger partial charge in [0.2, 0.25) is 0 Å². The maximum atomic E-state index is 14.1. The number of carboxylic acid groups (broad SMARTS) is 1. The summed E-state index contributed by atoms with van der Waals surface area (Å²) in [6.45, 7) is 4.97. The van der Waals surface area contributed by atoms with E-state index in [0.717, 1.165) is 6.07 Å². The number of amides is 1. The predicted octanol–water partition coefficient (Wildman–Crippen LogP) is 5.24. The van der Waals surface area contributed by atoms with E-state index in [1.54, 1.807) is 20.8 Å². The van der Waals surface area contributed by atoms with Gasteiger partial charge >= 0.3 is 12.1 Å². The number of benzene rings is 1. The molecule has 2 N–H and O–H groups in total. The first-order valence-electron chi connectivity index (χ1n) is 7.37. The van der Waals surface area contributed by atoms with Gasteiger partial charge in [-0.2, -0.15) is 0 Å². The van der Waals surface area contributed by atoms with E-state index in [4.69, 9.17) is 33.0 Å². The van der Waals surface area contributed by atoms with Crippen molar-refractivity contribution in [3.05, 3.63) is 45.7 Å². The van der Waals surface area contributed by atoms with Crippen LogP contribution in [0.4, 0.5) is 15.0 Å². The van der Waals surface area contributed by atoms with E-state index < -0.39 is 29.3 Å². The normalized spacial score (nSPS) is 11.2. The van der Waals surface area contributed by atoms with Crippen LogP contribution in [0.25, 0.3) is 11.3 Å². The van der Waals surface area contributed by atoms with Crippen LogP contribution in [0.5, 0.6) is 0 Å². The van der Waals surface area contributed by atoms with E-state index in [0.29, 0.717) is 5.56 Å². The molecule has 0 saturated carbocycles. The Bertz CT molecular complexity index is 882. The fourth-order valence-electron chi connectivity index (χ4n) is 1.99. The van der Waals surface area contributed by atoms with Crippen LogP contribution < -0.4 is 5.32 Å². The molecule has 1 aromatic carbocycles. The average molecular weight is 401 g/mol. The van der Waals surface area contributed by atoms with Gasteiger partial charge in [0.1, 0.15) is 5.60 Å². The molecule has 0 bridgehead atoms. The van der Waals surface area contributed by atoms with Crippen LogP contribution in [0.1, 0.15) is 31.1 Å². The Morgan fingerprint density at radius 2 is 1.85 bits per heavy atom. The van der Waals surface area contributed by atoms with Crippen LogP contribution in [-0.4, -0.2) is 27.8 Å². The van der Waals surface area contributed by atoms with Crippen molar-refractivity contribution in [1.29, 1.82) is 0 Å². The van der Waals surface area contributed by atoms with Gasteiger partial charge in [-0.25, -0.2) is 19.0 Å². The van der Waals surface area contributed by atoms with Gasteiger partial charge < -0.3 is 9.84 Å². The van der Waals surface area contributed by atoms with Crippen molar-refractivity contribution >= 4 is 41.1 Å². The molecule has 9 heteroatoms. The van der Waals surface area contributed by atoms with E-state index >= 15 is 0 Å². The van der Waals surface area contributed by atoms with Gasteiger partial charge in [-0.3, -0.25) is 5.32 Å². The summed E-state index contributed by atoms with van der Waals surface area (Å²) in [6.07, 6.45) is -0.889. The molecule has 0 unspecified atom stereocenters. The number of carbonyl (C=O) groups is 2. The number of pyridine rings is 1. The Balaban J connectivity index is 2.44. The highest BCUT2D eigenvalue weighted by Gasteiger charge is 2.20. The number of anilines is 1. The third kappa shape index (κ3) is 4.83. The fourth-order valence-corrected chi connectivity index (χ4v) is 2.44. The lowest BCUT2D eigenvalue weighted by Crippen LogP contribution is -2.27. The summed E-state index contributed by atoms with van der Waals surface area (Å²) in [5.74, 6) is -2.50. The molecule has 138 valence electrons. The summed E-state index contributed by atoms with van der Waals surface area (Å²) in [7, 11) is 0. The standard InChI is InChI=1S/C17H15Cl2FN2O4/c1-17(2,3)26-16(25)22-14-12(20)7-11(19)13(21-14)8-4-5-10(18)9(6-8)15(23)24/h4-7H,1-3H3,(H,23,24)(H,21,22,25). The van der Waals surface area contributed by atoms with E-state index in [1.165, 1.54) is 18.2 Å². The minimum atomic E-state index is -1.23. The number of aromatic carboxylic acids is 1. The molecule has 1 amide bonds. The van der Waals surface area contributed by atoms with Gasteiger partial charge in [0, 0.05) is 5.56 Å². The lowest BCUT2D eigenvalue weighted by atomic mass is 10.1. The van der Waals surface area contributed by atoms with Gasteiger partial charge in [0.25, 0.3) is 0 Å². The molecule has 26 heavy (non-hydrogen) atoms. The van der Waals surface area contributed by atoms with E-state index in [-0.39, 0.29) is 21.3 Å². The largest absolute Gasteiger partial charge is 0.478 e. The van der Waals surface area contributed by atoms with E-state index in [2.05, 4.69) is 10.3 Å². The second-order valence-corrected chi connectivity index (χ2v) is 7.09. The topological polar surface area (TPSA) is 88.5 Å². The zero-order valence-electron chi connectivity index (χ0n) is 14.1. The molecule has 0 radical (unpaired) electrons. The Kier molecular flexibility index (Phi) is 5.73. The van der Waals surface area contributed by atoms with Gasteiger partial charge in [0.05, 0.1) is 21.3 Å². The highest BCUT2D eigenvalue weighted by Crippen LogP contribution is 2.32. The second kappa shape index (κ2) is 7.47. The molecule has 0 spiro atoms. The molecule has 0 atom stereocenters. The molecule has 0 aliphatic rings. The number of aromatic nitrogens is 1. The zero-order chi connectivity index (χ0) is 19.6. The van der Waals surface area contributed by atoms with Gasteiger partial charge in [-0.05, 0) is 39.0 Å². The lowest BCUT2D eigenvalue weighted by molar-refractivity contribution is 0.0632. The van der Waals surface area contributed by atoms with Crippen molar-refractivity contribution in [2.75, 3.05) is 5.32 Å². The van der Waals surface area contributed by atoms with Crippen molar-refractivity contribution in [2.24, 2.45) is 0 Å². The highest BCUT2D eigenvalue weighted by molar-refractivity contribution is 6.34. The molecule has 2 rings (SSSR count). The molecule has 0 aliphatic heterocycles. The summed E-state index contributed by atoms with van der Waals surface area (Å²) in [5.41, 5.74) is -0.558. The lowest BCUT2D eigenvalue weighted by Gasteiger charge is -2.19. The average Bonchev–Trinajstić information content (AvgIpc) is 2.48. The fraction of sp³-hybridized carbons (Fsp3) is 0.235. The van der Waals surface area contributed by atoms with Gasteiger partial charge in [0.15, 0.2) is 11.6 Å². The first-order chi connectivity index (χ1) is 12.0. The number of carbonyl (C=O) groups excluding carboxylic acids is 1. The number of rotatable bonds is 3. The minimum absolute atomic E-state index is 0.0339. The molecule has 0 saturated heterocycles. The SMILES string of the molecule is CC(C)(C)OC(=O)Nc1nc(-c2ccc(Cl)c(C(=O)O)c2)c(Cl)cc1F. The van der Waals surface area contributed by atoms with Crippen LogP contribution >= 0.6 is 23.2 Å². The third-order valence-corrected chi connectivity index (χ3v) is 3.64. The number of ether oxygens (including phenoxy) is 1. The van der Waals surface area contributed by atoms with Crippen molar-refractivity contribution in [3.63, 3.8) is 0 Å². The van der Waals surface area contributed by atoms with Crippen LogP contribution in [-0.2, 0) is 4.74 Å².